The number of methoxy groups -OCH3 is 1. The first-order chi connectivity index (χ1) is 6.78. The van der Waals surface area contributed by atoms with Crippen LogP contribution in [-0.4, -0.2) is 23.6 Å². The molecule has 0 radical (unpaired) electrons. The molecule has 0 N–H and O–H groups in total. The lowest BCUT2D eigenvalue weighted by molar-refractivity contribution is -0.134. The van der Waals surface area contributed by atoms with Gasteiger partial charge in [0.05, 0.1) is 7.11 Å². The van der Waals surface area contributed by atoms with E-state index in [9.17, 15) is 4.79 Å². The number of allylic oxidation sites excluding steroid dienone is 1. The van der Waals surface area contributed by atoms with Crippen molar-refractivity contribution in [2.75, 3.05) is 7.11 Å². The highest BCUT2D eigenvalue weighted by atomic mass is 32.2. The number of carbonyl (C=O) groups is 1. The average molecular weight is 212 g/mol. The average Bonchev–Trinajstić information content (AvgIpc) is 2.17. The molecule has 14 heavy (non-hydrogen) atoms. The molecular formula is C11H16O2S. The van der Waals surface area contributed by atoms with Gasteiger partial charge >= 0.3 is 5.97 Å². The summed E-state index contributed by atoms with van der Waals surface area (Å²) in [4.78, 5) is 11.1. The van der Waals surface area contributed by atoms with Gasteiger partial charge in [-0.1, -0.05) is 12.0 Å². The summed E-state index contributed by atoms with van der Waals surface area (Å²) < 4.78 is 4.65. The SMILES string of the molecule is COC(=O)C=C1CC2CCCC(C1)S2. The maximum atomic E-state index is 11.1. The Bertz CT molecular complexity index is 246. The zero-order valence-electron chi connectivity index (χ0n) is 8.49. The van der Waals surface area contributed by atoms with Gasteiger partial charge in [0.2, 0.25) is 0 Å². The van der Waals surface area contributed by atoms with Crippen molar-refractivity contribution < 1.29 is 9.53 Å². The van der Waals surface area contributed by atoms with Crippen LogP contribution < -0.4 is 0 Å². The largest absolute Gasteiger partial charge is 0.466 e. The number of ether oxygens (including phenoxy) is 1. The number of fused-ring (bicyclic) bond motifs is 2. The Balaban J connectivity index is 2.01. The monoisotopic (exact) mass is 212 g/mol. The van der Waals surface area contributed by atoms with Crippen LogP contribution in [0.15, 0.2) is 11.6 Å². The lowest BCUT2D eigenvalue weighted by Gasteiger charge is -2.35. The highest BCUT2D eigenvalue weighted by Gasteiger charge is 2.29. The van der Waals surface area contributed by atoms with Crippen LogP contribution in [0.5, 0.6) is 0 Å². The van der Waals surface area contributed by atoms with Gasteiger partial charge in [0, 0.05) is 16.6 Å². The molecule has 0 amide bonds. The zero-order valence-corrected chi connectivity index (χ0v) is 9.31. The Hall–Kier alpha value is -0.440. The molecule has 2 saturated heterocycles. The fraction of sp³-hybridized carbons (Fsp3) is 0.727. The molecule has 2 bridgehead atoms. The maximum Gasteiger partial charge on any atom is 0.330 e. The molecule has 0 spiro atoms. The highest BCUT2D eigenvalue weighted by molar-refractivity contribution is 8.00. The first-order valence-corrected chi connectivity index (χ1v) is 6.15. The van der Waals surface area contributed by atoms with Crippen molar-refractivity contribution in [3.63, 3.8) is 0 Å². The minimum Gasteiger partial charge on any atom is -0.466 e. The van der Waals surface area contributed by atoms with E-state index in [1.54, 1.807) is 6.08 Å². The molecule has 0 aromatic heterocycles. The maximum absolute atomic E-state index is 11.1. The molecule has 2 nitrogen and oxygen atoms in total. The molecule has 2 rings (SSSR count). The summed E-state index contributed by atoms with van der Waals surface area (Å²) in [6.45, 7) is 0. The molecule has 0 aromatic rings. The van der Waals surface area contributed by atoms with Crippen molar-refractivity contribution in [3.05, 3.63) is 11.6 Å². The van der Waals surface area contributed by atoms with Crippen molar-refractivity contribution >= 4 is 17.7 Å². The summed E-state index contributed by atoms with van der Waals surface area (Å²) in [6.07, 6.45) is 7.89. The van der Waals surface area contributed by atoms with Crippen LogP contribution in [0.2, 0.25) is 0 Å². The van der Waals surface area contributed by atoms with Crippen LogP contribution in [0.1, 0.15) is 32.1 Å². The minimum absolute atomic E-state index is 0.190. The van der Waals surface area contributed by atoms with Crippen LogP contribution in [0.25, 0.3) is 0 Å². The van der Waals surface area contributed by atoms with E-state index in [1.807, 2.05) is 0 Å². The summed E-state index contributed by atoms with van der Waals surface area (Å²) in [5, 5.41) is 1.52. The molecule has 2 fully saturated rings. The van der Waals surface area contributed by atoms with Crippen molar-refractivity contribution in [1.82, 2.24) is 0 Å². The van der Waals surface area contributed by atoms with Crippen LogP contribution >= 0.6 is 11.8 Å². The van der Waals surface area contributed by atoms with E-state index in [-0.39, 0.29) is 5.97 Å². The normalized spacial score (nSPS) is 31.1. The lowest BCUT2D eigenvalue weighted by atomic mass is 9.94. The van der Waals surface area contributed by atoms with E-state index >= 15 is 0 Å². The molecule has 0 aromatic carbocycles. The first-order valence-electron chi connectivity index (χ1n) is 5.21. The molecule has 2 atom stereocenters. The molecule has 0 aliphatic carbocycles. The van der Waals surface area contributed by atoms with Gasteiger partial charge in [0.1, 0.15) is 0 Å². The number of hydrogen-bond acceptors (Lipinski definition) is 3. The highest BCUT2D eigenvalue weighted by Crippen LogP contribution is 2.43. The number of esters is 1. The minimum atomic E-state index is -0.190. The summed E-state index contributed by atoms with van der Waals surface area (Å²) >= 11 is 2.12. The number of rotatable bonds is 1. The second-order valence-electron chi connectivity index (χ2n) is 4.04. The van der Waals surface area contributed by atoms with Crippen LogP contribution in [-0.2, 0) is 9.53 Å². The topological polar surface area (TPSA) is 26.3 Å². The first kappa shape index (κ1) is 10.1. The van der Waals surface area contributed by atoms with Gasteiger partial charge in [0.25, 0.3) is 0 Å². The van der Waals surface area contributed by atoms with Gasteiger partial charge in [0.15, 0.2) is 0 Å². The number of thioether (sulfide) groups is 1. The van der Waals surface area contributed by atoms with Crippen molar-refractivity contribution in [1.29, 1.82) is 0 Å². The van der Waals surface area contributed by atoms with Crippen LogP contribution in [0.3, 0.4) is 0 Å². The lowest BCUT2D eigenvalue weighted by Crippen LogP contribution is -2.24. The van der Waals surface area contributed by atoms with Crippen LogP contribution in [0, 0.1) is 0 Å². The van der Waals surface area contributed by atoms with E-state index < -0.39 is 0 Å². The molecular weight excluding hydrogens is 196 g/mol. The second-order valence-corrected chi connectivity index (χ2v) is 5.65. The fourth-order valence-electron chi connectivity index (χ4n) is 2.29. The van der Waals surface area contributed by atoms with E-state index in [2.05, 4.69) is 16.5 Å². The third kappa shape index (κ3) is 2.32. The summed E-state index contributed by atoms with van der Waals surface area (Å²) in [5.41, 5.74) is 1.30. The molecule has 2 aliphatic heterocycles. The smallest absolute Gasteiger partial charge is 0.330 e. The third-order valence-electron chi connectivity index (χ3n) is 2.94. The zero-order chi connectivity index (χ0) is 9.97. The summed E-state index contributed by atoms with van der Waals surface area (Å²) in [5.74, 6) is -0.190. The summed E-state index contributed by atoms with van der Waals surface area (Å²) in [7, 11) is 1.44. The van der Waals surface area contributed by atoms with Gasteiger partial charge in [-0.15, -0.1) is 0 Å². The predicted molar refractivity (Wildman–Crippen MR) is 58.4 cm³/mol. The van der Waals surface area contributed by atoms with Gasteiger partial charge < -0.3 is 4.74 Å². The molecule has 2 aliphatic rings. The third-order valence-corrected chi connectivity index (χ3v) is 4.51. The van der Waals surface area contributed by atoms with Gasteiger partial charge in [-0.05, 0) is 25.7 Å². The number of hydrogen-bond donors (Lipinski definition) is 0. The van der Waals surface area contributed by atoms with Crippen molar-refractivity contribution in [3.8, 4) is 0 Å². The molecule has 3 heteroatoms. The van der Waals surface area contributed by atoms with E-state index in [1.165, 1.54) is 31.9 Å². The van der Waals surface area contributed by atoms with Crippen molar-refractivity contribution in [2.45, 2.75) is 42.6 Å². The van der Waals surface area contributed by atoms with E-state index in [0.717, 1.165) is 23.3 Å². The molecule has 78 valence electrons. The van der Waals surface area contributed by atoms with Gasteiger partial charge in [-0.3, -0.25) is 0 Å². The quantitative estimate of drug-likeness (QED) is 0.493. The van der Waals surface area contributed by atoms with Gasteiger partial charge in [-0.25, -0.2) is 4.79 Å². The van der Waals surface area contributed by atoms with Crippen molar-refractivity contribution in [2.24, 2.45) is 0 Å². The molecule has 2 unspecified atom stereocenters. The molecule has 2 heterocycles. The Morgan fingerprint density at radius 3 is 2.64 bits per heavy atom. The Morgan fingerprint density at radius 1 is 1.43 bits per heavy atom. The summed E-state index contributed by atoms with van der Waals surface area (Å²) in [6, 6.07) is 0. The van der Waals surface area contributed by atoms with E-state index in [4.69, 9.17) is 0 Å². The van der Waals surface area contributed by atoms with Gasteiger partial charge in [-0.2, -0.15) is 11.8 Å². The Morgan fingerprint density at radius 2 is 2.07 bits per heavy atom. The van der Waals surface area contributed by atoms with E-state index in [0.29, 0.717) is 0 Å². The molecule has 0 saturated carbocycles. The Labute approximate surface area is 89.1 Å². The fourth-order valence-corrected chi connectivity index (χ4v) is 4.06. The Kier molecular flexibility index (Phi) is 3.16. The number of carbonyl (C=O) groups excluding carboxylic acids is 1. The second kappa shape index (κ2) is 4.39. The standard InChI is InChI=1S/C11H16O2S/c1-13-11(12)7-8-5-9-3-2-4-10(6-8)14-9/h7,9-10H,2-6H2,1H3. The predicted octanol–water partition coefficient (Wildman–Crippen LogP) is 2.53. The van der Waals surface area contributed by atoms with Crippen LogP contribution in [0.4, 0.5) is 0 Å².